The average Bonchev–Trinajstić information content (AvgIpc) is 3.00. The van der Waals surface area contributed by atoms with Crippen LogP contribution in [-0.4, -0.2) is 19.5 Å². The molecular formula is C15H21N3O. The van der Waals surface area contributed by atoms with E-state index < -0.39 is 0 Å². The molecule has 0 saturated carbocycles. The number of fused-ring (bicyclic) bond motifs is 1. The van der Waals surface area contributed by atoms with Crippen molar-refractivity contribution in [2.24, 2.45) is 0 Å². The Bertz CT molecular complexity index is 542. The van der Waals surface area contributed by atoms with Crippen molar-refractivity contribution in [1.82, 2.24) is 14.3 Å². The van der Waals surface area contributed by atoms with Gasteiger partial charge in [0.2, 0.25) is 0 Å². The third-order valence-electron chi connectivity index (χ3n) is 4.03. The summed E-state index contributed by atoms with van der Waals surface area (Å²) in [5.74, 6) is 0. The first-order valence-electron chi connectivity index (χ1n) is 7.10. The van der Waals surface area contributed by atoms with Crippen molar-refractivity contribution in [1.29, 1.82) is 0 Å². The maximum absolute atomic E-state index is 10.0. The minimum atomic E-state index is -0.255. The molecule has 0 saturated heterocycles. The number of aromatic nitrogens is 3. The smallest absolute Gasteiger partial charge is 0.0807 e. The third kappa shape index (κ3) is 2.45. The van der Waals surface area contributed by atoms with E-state index in [1.165, 1.54) is 11.4 Å². The largest absolute Gasteiger partial charge is 0.388 e. The molecule has 0 radical (unpaired) electrons. The Kier molecular flexibility index (Phi) is 3.42. The average molecular weight is 259 g/mol. The summed E-state index contributed by atoms with van der Waals surface area (Å²) in [6, 6.07) is 4.12. The summed E-state index contributed by atoms with van der Waals surface area (Å²) in [6.07, 6.45) is 7.73. The molecule has 0 spiro atoms. The highest BCUT2D eigenvalue weighted by molar-refractivity contribution is 5.31. The Morgan fingerprint density at radius 1 is 1.42 bits per heavy atom. The van der Waals surface area contributed by atoms with Gasteiger partial charge in [-0.15, -0.1) is 0 Å². The van der Waals surface area contributed by atoms with Crippen molar-refractivity contribution >= 4 is 0 Å². The minimum Gasteiger partial charge on any atom is -0.388 e. The molecule has 2 aromatic heterocycles. The van der Waals surface area contributed by atoms with Gasteiger partial charge in [-0.1, -0.05) is 0 Å². The molecular weight excluding hydrogens is 238 g/mol. The lowest BCUT2D eigenvalue weighted by Gasteiger charge is -2.20. The van der Waals surface area contributed by atoms with Crippen LogP contribution in [0.15, 0.2) is 24.5 Å². The third-order valence-corrected chi connectivity index (χ3v) is 4.03. The van der Waals surface area contributed by atoms with E-state index in [4.69, 9.17) is 0 Å². The van der Waals surface area contributed by atoms with Gasteiger partial charge in [0.25, 0.3) is 0 Å². The number of nitrogens with zero attached hydrogens (tertiary/aromatic N) is 3. The van der Waals surface area contributed by atoms with Crippen molar-refractivity contribution in [2.75, 3.05) is 0 Å². The second kappa shape index (κ2) is 5.21. The van der Waals surface area contributed by atoms with Crippen LogP contribution in [0.3, 0.4) is 0 Å². The molecule has 1 atom stereocenters. The highest BCUT2D eigenvalue weighted by Crippen LogP contribution is 2.32. The first-order valence-corrected chi connectivity index (χ1v) is 7.10. The molecule has 2 aromatic rings. The number of hydrogen-bond acceptors (Lipinski definition) is 2. The Labute approximate surface area is 113 Å². The summed E-state index contributed by atoms with van der Waals surface area (Å²) < 4.78 is 4.35. The van der Waals surface area contributed by atoms with Crippen LogP contribution in [0.4, 0.5) is 0 Å². The van der Waals surface area contributed by atoms with Crippen LogP contribution in [-0.2, 0) is 19.5 Å². The van der Waals surface area contributed by atoms with Gasteiger partial charge in [0.1, 0.15) is 0 Å². The summed E-state index contributed by atoms with van der Waals surface area (Å²) in [7, 11) is 0. The highest BCUT2D eigenvalue weighted by atomic mass is 16.3. The molecule has 1 aliphatic rings. The van der Waals surface area contributed by atoms with Crippen LogP contribution in [0.2, 0.25) is 0 Å². The van der Waals surface area contributed by atoms with E-state index >= 15 is 0 Å². The predicted molar refractivity (Wildman–Crippen MR) is 73.9 cm³/mol. The first kappa shape index (κ1) is 12.5. The van der Waals surface area contributed by atoms with Gasteiger partial charge in [0.05, 0.1) is 6.10 Å². The number of rotatable bonds is 4. The van der Waals surface area contributed by atoms with Crippen LogP contribution >= 0.6 is 0 Å². The fourth-order valence-corrected chi connectivity index (χ4v) is 3.08. The van der Waals surface area contributed by atoms with Crippen LogP contribution in [0.25, 0.3) is 0 Å². The lowest BCUT2D eigenvalue weighted by molar-refractivity contribution is 0.155. The summed E-state index contributed by atoms with van der Waals surface area (Å²) in [5, 5.41) is 14.3. The quantitative estimate of drug-likeness (QED) is 0.916. The van der Waals surface area contributed by atoms with Crippen molar-refractivity contribution in [3.8, 4) is 0 Å². The van der Waals surface area contributed by atoms with Crippen molar-refractivity contribution in [3.05, 3.63) is 41.5 Å². The second-order valence-corrected chi connectivity index (χ2v) is 5.37. The van der Waals surface area contributed by atoms with Gasteiger partial charge in [0, 0.05) is 42.4 Å². The SMILES string of the molecule is Cc1cc2c(n1CCCn1cccn1)CCCC2O. The lowest BCUT2D eigenvalue weighted by Crippen LogP contribution is -2.13. The van der Waals surface area contributed by atoms with E-state index in [1.807, 2.05) is 23.1 Å². The zero-order chi connectivity index (χ0) is 13.2. The van der Waals surface area contributed by atoms with E-state index in [0.717, 1.165) is 44.3 Å². The number of aliphatic hydroxyl groups is 1. The summed E-state index contributed by atoms with van der Waals surface area (Å²) in [5.41, 5.74) is 3.77. The second-order valence-electron chi connectivity index (χ2n) is 5.37. The summed E-state index contributed by atoms with van der Waals surface area (Å²) in [6.45, 7) is 4.09. The molecule has 1 unspecified atom stereocenters. The topological polar surface area (TPSA) is 43.0 Å². The molecule has 0 aromatic carbocycles. The molecule has 4 heteroatoms. The van der Waals surface area contributed by atoms with Crippen LogP contribution in [0.5, 0.6) is 0 Å². The number of hydrogen-bond donors (Lipinski definition) is 1. The zero-order valence-electron chi connectivity index (χ0n) is 11.4. The normalized spacial score (nSPS) is 18.5. The van der Waals surface area contributed by atoms with Gasteiger partial charge in [-0.3, -0.25) is 4.68 Å². The first-order chi connectivity index (χ1) is 9.25. The van der Waals surface area contributed by atoms with Crippen molar-refractivity contribution in [2.45, 2.75) is 51.8 Å². The molecule has 19 heavy (non-hydrogen) atoms. The molecule has 1 N–H and O–H groups in total. The molecule has 2 heterocycles. The van der Waals surface area contributed by atoms with Gasteiger partial charge in [0.15, 0.2) is 0 Å². The fourth-order valence-electron chi connectivity index (χ4n) is 3.08. The Morgan fingerprint density at radius 2 is 2.32 bits per heavy atom. The maximum Gasteiger partial charge on any atom is 0.0807 e. The predicted octanol–water partition coefficient (Wildman–Crippen LogP) is 2.45. The van der Waals surface area contributed by atoms with Gasteiger partial charge in [-0.25, -0.2) is 0 Å². The molecule has 3 rings (SSSR count). The van der Waals surface area contributed by atoms with E-state index in [9.17, 15) is 5.11 Å². The zero-order valence-corrected chi connectivity index (χ0v) is 11.4. The highest BCUT2D eigenvalue weighted by Gasteiger charge is 2.22. The number of aryl methyl sites for hydroxylation is 2. The minimum absolute atomic E-state index is 0.255. The molecule has 1 aliphatic carbocycles. The van der Waals surface area contributed by atoms with Crippen LogP contribution in [0.1, 0.15) is 42.3 Å². The molecule has 0 amide bonds. The Hall–Kier alpha value is -1.55. The Balaban J connectivity index is 1.70. The van der Waals surface area contributed by atoms with Gasteiger partial charge >= 0.3 is 0 Å². The monoisotopic (exact) mass is 259 g/mol. The van der Waals surface area contributed by atoms with E-state index in [0.29, 0.717) is 0 Å². The van der Waals surface area contributed by atoms with Crippen molar-refractivity contribution in [3.63, 3.8) is 0 Å². The van der Waals surface area contributed by atoms with E-state index in [2.05, 4.69) is 22.7 Å². The van der Waals surface area contributed by atoms with Crippen LogP contribution < -0.4 is 0 Å². The van der Waals surface area contributed by atoms with E-state index in [-0.39, 0.29) is 6.10 Å². The number of aliphatic hydroxyl groups excluding tert-OH is 1. The fraction of sp³-hybridized carbons (Fsp3) is 0.533. The van der Waals surface area contributed by atoms with Gasteiger partial charge < -0.3 is 9.67 Å². The molecule has 102 valence electrons. The summed E-state index contributed by atoms with van der Waals surface area (Å²) >= 11 is 0. The van der Waals surface area contributed by atoms with Gasteiger partial charge in [-0.2, -0.15) is 5.10 Å². The lowest BCUT2D eigenvalue weighted by atomic mass is 9.95. The summed E-state index contributed by atoms with van der Waals surface area (Å²) in [4.78, 5) is 0. The standard InChI is InChI=1S/C15H21N3O/c1-12-11-13-14(5-2-6-15(13)19)18(12)10-4-9-17-8-3-7-16-17/h3,7-8,11,15,19H,2,4-6,9-10H2,1H3. The molecule has 0 aliphatic heterocycles. The van der Waals surface area contributed by atoms with Gasteiger partial charge in [-0.05, 0) is 44.7 Å². The van der Waals surface area contributed by atoms with Crippen molar-refractivity contribution < 1.29 is 5.11 Å². The van der Waals surface area contributed by atoms with E-state index in [1.54, 1.807) is 0 Å². The maximum atomic E-state index is 10.0. The molecule has 4 nitrogen and oxygen atoms in total. The van der Waals surface area contributed by atoms with Crippen LogP contribution in [0, 0.1) is 6.92 Å². The molecule has 0 fully saturated rings. The Morgan fingerprint density at radius 3 is 3.11 bits per heavy atom. The molecule has 0 bridgehead atoms.